The summed E-state index contributed by atoms with van der Waals surface area (Å²) in [6, 6.07) is 0. The molecule has 338 valence electrons. The van der Waals surface area contributed by atoms with E-state index in [-0.39, 0.29) is 24.8 Å². The number of nitrogens with zero attached hydrogens (tertiary/aromatic N) is 4. The molecule has 6 amide bonds. The Labute approximate surface area is 329 Å². The molecule has 7 N–H and O–H groups in total. The Morgan fingerprint density at radius 3 is 1.91 bits per heavy atom. The van der Waals surface area contributed by atoms with Crippen LogP contribution in [0.5, 0.6) is 0 Å². The fraction of sp³-hybridized carbons (Fsp3) is 0.786. The number of hydroxylamine groups is 2. The van der Waals surface area contributed by atoms with Crippen molar-refractivity contribution in [1.29, 1.82) is 0 Å². The highest BCUT2D eigenvalue weighted by molar-refractivity contribution is 5.83. The van der Waals surface area contributed by atoms with Crippen LogP contribution in [0.15, 0.2) is 0 Å². The highest BCUT2D eigenvalue weighted by Gasteiger charge is 2.45. The van der Waals surface area contributed by atoms with Crippen molar-refractivity contribution in [2.24, 2.45) is 0 Å². The number of nitrogens with one attached hydrogen (secondary N) is 7. The molecule has 0 aromatic rings. The predicted octanol–water partition coefficient (Wildman–Crippen LogP) is 1.64. The molecule has 0 aliphatic heterocycles. The van der Waals surface area contributed by atoms with Crippen molar-refractivity contribution < 1.29 is 89.0 Å². The zero-order valence-electron chi connectivity index (χ0n) is 33.4. The van der Waals surface area contributed by atoms with Gasteiger partial charge in [-0.1, -0.05) is 17.7 Å². The van der Waals surface area contributed by atoms with Crippen LogP contribution in [0.2, 0.25) is 0 Å². The van der Waals surface area contributed by atoms with E-state index in [1.165, 1.54) is 49.3 Å². The minimum absolute atomic E-state index is 0.0507. The van der Waals surface area contributed by atoms with Crippen molar-refractivity contribution in [3.8, 4) is 0 Å². The summed E-state index contributed by atoms with van der Waals surface area (Å²) in [5, 5.41) is 4.59. The van der Waals surface area contributed by atoms with E-state index in [4.69, 9.17) is 38.3 Å². The quantitative estimate of drug-likeness (QED) is 0.0253. The lowest BCUT2D eigenvalue weighted by atomic mass is 10.1. The van der Waals surface area contributed by atoms with Crippen molar-refractivity contribution in [1.82, 2.24) is 58.6 Å². The zero-order valence-corrected chi connectivity index (χ0v) is 33.4. The largest absolute Gasteiger partial charge is 0.471 e. The van der Waals surface area contributed by atoms with Crippen LogP contribution in [0.3, 0.4) is 0 Å². The molecule has 0 aliphatic carbocycles. The molecule has 58 heavy (non-hydrogen) atoms. The lowest BCUT2D eigenvalue weighted by Crippen LogP contribution is -2.66. The second-order valence-electron chi connectivity index (χ2n) is 12.0. The second kappa shape index (κ2) is 25.6. The van der Waals surface area contributed by atoms with Crippen molar-refractivity contribution in [2.75, 3.05) is 33.3 Å². The summed E-state index contributed by atoms with van der Waals surface area (Å²) in [5.74, 6) is -3.57. The molecular formula is C28H52F5N11O14. The smallest absolute Gasteiger partial charge is 0.448 e. The highest BCUT2D eigenvalue weighted by Crippen LogP contribution is 2.19. The number of rotatable bonds is 23. The normalized spacial score (nSPS) is 12.5. The summed E-state index contributed by atoms with van der Waals surface area (Å²) in [6.45, 7) is 11.1. The number of hydrazine groups is 5. The summed E-state index contributed by atoms with van der Waals surface area (Å²) in [4.78, 5) is 94.7. The van der Waals surface area contributed by atoms with Crippen molar-refractivity contribution >= 4 is 36.2 Å². The minimum Gasteiger partial charge on any atom is -0.448 e. The van der Waals surface area contributed by atoms with E-state index in [0.717, 1.165) is 31.2 Å². The molecule has 0 bridgehead atoms. The number of amides is 6. The Hall–Kier alpha value is -4.69. The Bertz CT molecular complexity index is 1320. The maximum absolute atomic E-state index is 15.3. The number of carbonyl (C=O) groups is 6. The molecule has 0 fully saturated rings. The van der Waals surface area contributed by atoms with Crippen LogP contribution in [-0.4, -0.2) is 126 Å². The topological polar surface area (TPSA) is 273 Å². The molecule has 0 aliphatic rings. The lowest BCUT2D eigenvalue weighted by Gasteiger charge is -2.35. The number of hydrogen-bond donors (Lipinski definition) is 7. The van der Waals surface area contributed by atoms with Gasteiger partial charge >= 0.3 is 42.6 Å². The molecule has 30 heteroatoms. The highest BCUT2D eigenvalue weighted by atomic mass is 19.4. The van der Waals surface area contributed by atoms with E-state index < -0.39 is 91.1 Å². The van der Waals surface area contributed by atoms with Crippen LogP contribution >= 0.6 is 0 Å². The monoisotopic (exact) mass is 861 g/mol. The molecule has 0 spiro atoms. The molecule has 0 saturated carbocycles. The molecule has 0 radical (unpaired) electrons. The number of halogens is 5. The fourth-order valence-corrected chi connectivity index (χ4v) is 3.30. The van der Waals surface area contributed by atoms with Gasteiger partial charge in [-0.05, 0) is 61.8 Å². The van der Waals surface area contributed by atoms with Gasteiger partial charge in [-0.25, -0.2) is 30.0 Å². The molecule has 0 heterocycles. The SMILES string of the molecule is CCCON(NOC(C)C)N(CONC(F)(F)NN(NC(=O)OC(C)(C)C(NC(C)=O)NC(=O)C(F)(F)F)C(=O)OCN(NC(=O)OC(C)C)C(=O)OCC)OCC. The first-order valence-corrected chi connectivity index (χ1v) is 17.1. The van der Waals surface area contributed by atoms with Crippen LogP contribution in [-0.2, 0) is 47.9 Å². The van der Waals surface area contributed by atoms with Crippen LogP contribution < -0.4 is 38.0 Å². The molecule has 0 saturated heterocycles. The second-order valence-corrected chi connectivity index (χ2v) is 12.0. The van der Waals surface area contributed by atoms with Gasteiger partial charge in [0.1, 0.15) is 11.8 Å². The standard InChI is InChI=1S/C28H52F5N11O14/c1-11-14-55-44(40-58-18(6)7)42(54-13-3)16-53-39-28(32,33)38-43(25(50)52-15-41(24(49)51-12-2)36-22(47)56-17(4)5)37-23(48)57-26(9,10)20(34-19(8)45)35-21(46)27(29,30)31/h17-18,20,38-40H,11-16H2,1-10H3,(H,34,45)(H,35,46)(H,36,47)(H,37,48). The number of hydrogen-bond acceptors (Lipinski definition) is 19. The molecule has 0 rings (SSSR count). The summed E-state index contributed by atoms with van der Waals surface area (Å²) >= 11 is 0. The average molecular weight is 862 g/mol. The lowest BCUT2D eigenvalue weighted by molar-refractivity contribution is -0.479. The predicted molar refractivity (Wildman–Crippen MR) is 180 cm³/mol. The van der Waals surface area contributed by atoms with E-state index >= 15 is 8.78 Å². The van der Waals surface area contributed by atoms with Crippen molar-refractivity contribution in [2.45, 2.75) is 112 Å². The van der Waals surface area contributed by atoms with Gasteiger partial charge in [-0.3, -0.25) is 28.9 Å². The summed E-state index contributed by atoms with van der Waals surface area (Å²) in [5.41, 5.74) is 5.82. The van der Waals surface area contributed by atoms with E-state index in [1.807, 2.05) is 10.7 Å². The summed E-state index contributed by atoms with van der Waals surface area (Å²) in [6.07, 6.45) is -19.2. The van der Waals surface area contributed by atoms with Gasteiger partial charge < -0.3 is 29.6 Å². The maximum Gasteiger partial charge on any atom is 0.471 e. The van der Waals surface area contributed by atoms with Gasteiger partial charge in [-0.15, -0.1) is 16.0 Å². The molecular weight excluding hydrogens is 809 g/mol. The first kappa shape index (κ1) is 53.3. The van der Waals surface area contributed by atoms with Gasteiger partial charge in [0.05, 0.1) is 32.0 Å². The summed E-state index contributed by atoms with van der Waals surface area (Å²) < 4.78 is 88.9. The van der Waals surface area contributed by atoms with Gasteiger partial charge in [0.25, 0.3) is 0 Å². The zero-order chi connectivity index (χ0) is 44.9. The first-order chi connectivity index (χ1) is 26.8. The van der Waals surface area contributed by atoms with Crippen molar-refractivity contribution in [3.63, 3.8) is 0 Å². The number of alkyl halides is 5. The van der Waals surface area contributed by atoms with E-state index in [1.54, 1.807) is 20.8 Å². The van der Waals surface area contributed by atoms with E-state index in [9.17, 15) is 41.9 Å². The van der Waals surface area contributed by atoms with E-state index in [2.05, 4.69) is 5.59 Å². The van der Waals surface area contributed by atoms with Gasteiger partial charge in [0, 0.05) is 12.2 Å². The van der Waals surface area contributed by atoms with Crippen LogP contribution in [0.4, 0.5) is 41.1 Å². The minimum atomic E-state index is -5.46. The fourth-order valence-electron chi connectivity index (χ4n) is 3.30. The van der Waals surface area contributed by atoms with Gasteiger partial charge in [0.2, 0.25) is 5.91 Å². The Balaban J connectivity index is 6.42. The van der Waals surface area contributed by atoms with Gasteiger partial charge in [0.15, 0.2) is 13.5 Å². The molecule has 0 aromatic carbocycles. The summed E-state index contributed by atoms with van der Waals surface area (Å²) in [7, 11) is 0. The van der Waals surface area contributed by atoms with Crippen LogP contribution in [0.25, 0.3) is 0 Å². The molecule has 1 unspecified atom stereocenters. The Morgan fingerprint density at radius 1 is 0.759 bits per heavy atom. The Morgan fingerprint density at radius 2 is 1.40 bits per heavy atom. The van der Waals surface area contributed by atoms with Crippen LogP contribution in [0, 0.1) is 0 Å². The third kappa shape index (κ3) is 22.3. The van der Waals surface area contributed by atoms with Gasteiger partial charge in [-0.2, -0.15) is 27.0 Å². The maximum atomic E-state index is 15.3. The third-order valence-corrected chi connectivity index (χ3v) is 5.58. The van der Waals surface area contributed by atoms with E-state index in [0.29, 0.717) is 6.42 Å². The third-order valence-electron chi connectivity index (χ3n) is 5.58. The molecule has 25 nitrogen and oxygen atoms in total. The number of carbonyl (C=O) groups excluding carboxylic acids is 6. The molecule has 0 aromatic heterocycles. The first-order valence-electron chi connectivity index (χ1n) is 17.1. The van der Waals surface area contributed by atoms with Crippen LogP contribution in [0.1, 0.15) is 75.7 Å². The van der Waals surface area contributed by atoms with Crippen molar-refractivity contribution in [3.05, 3.63) is 0 Å². The molecule has 1 atom stereocenters. The number of ether oxygens (including phenoxy) is 4. The average Bonchev–Trinajstić information content (AvgIpc) is 3.07. The Kier molecular flexibility index (Phi) is 23.6.